The summed E-state index contributed by atoms with van der Waals surface area (Å²) in [5, 5.41) is 6.90. The Kier molecular flexibility index (Phi) is 4.44. The fourth-order valence-electron chi connectivity index (χ4n) is 3.49. The number of carbonyl (C=O) groups is 1. The normalized spacial score (nSPS) is 14.8. The van der Waals surface area contributed by atoms with Crippen LogP contribution in [0.1, 0.15) is 16.7 Å². The van der Waals surface area contributed by atoms with Gasteiger partial charge < -0.3 is 21.4 Å². The molecule has 1 aliphatic heterocycles. The highest BCUT2D eigenvalue weighted by molar-refractivity contribution is 5.95. The number of amides is 1. The number of carbonyl (C=O) groups excluding carboxylic acids is 1. The molecule has 1 aliphatic rings. The van der Waals surface area contributed by atoms with Gasteiger partial charge >= 0.3 is 0 Å². The lowest BCUT2D eigenvalue weighted by molar-refractivity contribution is -0.117. The van der Waals surface area contributed by atoms with Crippen LogP contribution >= 0.6 is 0 Å². The van der Waals surface area contributed by atoms with Crippen molar-refractivity contribution < 1.29 is 9.18 Å². The van der Waals surface area contributed by atoms with Crippen LogP contribution in [0.2, 0.25) is 0 Å². The van der Waals surface area contributed by atoms with Crippen LogP contribution in [0, 0.1) is 5.82 Å². The number of hydrogen-bond acceptors (Lipinski definition) is 3. The molecule has 0 fully saturated rings. The van der Waals surface area contributed by atoms with Crippen molar-refractivity contribution in [2.24, 2.45) is 5.73 Å². The quantitative estimate of drug-likeness (QED) is 0.582. The second-order valence-corrected chi connectivity index (χ2v) is 6.65. The Bertz CT molecular complexity index is 966. The van der Waals surface area contributed by atoms with Gasteiger partial charge in [-0.1, -0.05) is 24.3 Å². The van der Waals surface area contributed by atoms with Crippen LogP contribution in [0.3, 0.4) is 0 Å². The molecule has 3 aromatic rings. The van der Waals surface area contributed by atoms with Crippen molar-refractivity contribution in [2.45, 2.75) is 25.4 Å². The third-order valence-electron chi connectivity index (χ3n) is 4.92. The third kappa shape index (κ3) is 3.09. The van der Waals surface area contributed by atoms with Gasteiger partial charge in [0.2, 0.25) is 5.91 Å². The van der Waals surface area contributed by atoms with Gasteiger partial charge in [-0.15, -0.1) is 0 Å². The number of hydrogen-bond donors (Lipinski definition) is 4. The summed E-state index contributed by atoms with van der Waals surface area (Å²) in [7, 11) is 0. The van der Waals surface area contributed by atoms with Gasteiger partial charge in [0.05, 0.1) is 11.7 Å². The van der Waals surface area contributed by atoms with Gasteiger partial charge in [0.1, 0.15) is 5.82 Å². The van der Waals surface area contributed by atoms with Gasteiger partial charge in [-0.2, -0.15) is 0 Å². The van der Waals surface area contributed by atoms with E-state index in [1.165, 1.54) is 0 Å². The molecular formula is C20H21FN4O. The lowest BCUT2D eigenvalue weighted by atomic mass is 9.99. The first-order valence-electron chi connectivity index (χ1n) is 8.76. The fourth-order valence-corrected chi connectivity index (χ4v) is 3.49. The summed E-state index contributed by atoms with van der Waals surface area (Å²) in [6.07, 6.45) is 2.86. The fraction of sp³-hybridized carbons (Fsp3) is 0.250. The summed E-state index contributed by atoms with van der Waals surface area (Å²) in [6, 6.07) is 10.6. The Labute approximate surface area is 150 Å². The zero-order valence-corrected chi connectivity index (χ0v) is 14.3. The molecule has 4 rings (SSSR count). The minimum atomic E-state index is -0.758. The number of nitrogens with one attached hydrogen (secondary N) is 3. The first kappa shape index (κ1) is 16.8. The number of halogens is 1. The maximum Gasteiger partial charge on any atom is 0.241 e. The molecule has 5 nitrogen and oxygen atoms in total. The average Bonchev–Trinajstić information content (AvgIpc) is 3.07. The molecule has 0 bridgehead atoms. The van der Waals surface area contributed by atoms with E-state index in [9.17, 15) is 9.18 Å². The Morgan fingerprint density at radius 1 is 1.27 bits per heavy atom. The highest BCUT2D eigenvalue weighted by Gasteiger charge is 2.21. The molecule has 5 N–H and O–H groups in total. The van der Waals surface area contributed by atoms with Gasteiger partial charge in [-0.3, -0.25) is 4.79 Å². The molecule has 2 heterocycles. The Morgan fingerprint density at radius 3 is 3.00 bits per heavy atom. The zero-order valence-electron chi connectivity index (χ0n) is 14.3. The third-order valence-corrected chi connectivity index (χ3v) is 4.92. The van der Waals surface area contributed by atoms with Crippen LogP contribution in [-0.2, 0) is 24.2 Å². The number of rotatable bonds is 4. The van der Waals surface area contributed by atoms with Gasteiger partial charge in [-0.25, -0.2) is 4.39 Å². The summed E-state index contributed by atoms with van der Waals surface area (Å²) in [6.45, 7) is 1.39. The number of benzene rings is 2. The molecule has 1 amide bonds. The number of aromatic amines is 1. The molecule has 0 aliphatic carbocycles. The molecule has 0 spiro atoms. The maximum atomic E-state index is 14.7. The first-order valence-corrected chi connectivity index (χ1v) is 8.76. The summed E-state index contributed by atoms with van der Waals surface area (Å²) in [5.41, 5.74) is 9.87. The van der Waals surface area contributed by atoms with Gasteiger partial charge in [0.15, 0.2) is 0 Å². The second kappa shape index (κ2) is 6.90. The molecule has 1 aromatic heterocycles. The standard InChI is InChI=1S/C20H21FN4O/c21-19-15-7-8-23-10-12(15)5-6-18(19)25-20(26)16(22)9-13-11-24-17-4-2-1-3-14(13)17/h1-6,11,16,23-24H,7-10,22H2,(H,25,26)/t16-/m0/s1. The van der Waals surface area contributed by atoms with Gasteiger partial charge in [0, 0.05) is 23.6 Å². The molecule has 6 heteroatoms. The highest BCUT2D eigenvalue weighted by atomic mass is 19.1. The largest absolute Gasteiger partial charge is 0.361 e. The van der Waals surface area contributed by atoms with Crippen LogP contribution in [0.4, 0.5) is 10.1 Å². The van der Waals surface area contributed by atoms with Crippen molar-refractivity contribution in [3.05, 3.63) is 65.1 Å². The Morgan fingerprint density at radius 2 is 2.12 bits per heavy atom. The van der Waals surface area contributed by atoms with Crippen LogP contribution in [0.15, 0.2) is 42.6 Å². The summed E-state index contributed by atoms with van der Waals surface area (Å²) < 4.78 is 14.7. The summed E-state index contributed by atoms with van der Waals surface area (Å²) in [4.78, 5) is 15.6. The van der Waals surface area contributed by atoms with Crippen molar-refractivity contribution in [1.29, 1.82) is 0 Å². The highest BCUT2D eigenvalue weighted by Crippen LogP contribution is 2.25. The number of fused-ring (bicyclic) bond motifs is 2. The molecule has 134 valence electrons. The lowest BCUT2D eigenvalue weighted by Crippen LogP contribution is -2.37. The van der Waals surface area contributed by atoms with Crippen LogP contribution in [0.5, 0.6) is 0 Å². The monoisotopic (exact) mass is 352 g/mol. The van der Waals surface area contributed by atoms with Crippen LogP contribution in [-0.4, -0.2) is 23.5 Å². The minimum absolute atomic E-state index is 0.199. The van der Waals surface area contributed by atoms with E-state index in [1.807, 2.05) is 36.5 Å². The molecule has 26 heavy (non-hydrogen) atoms. The van der Waals surface area contributed by atoms with E-state index >= 15 is 0 Å². The van der Waals surface area contributed by atoms with Crippen molar-refractivity contribution in [3.8, 4) is 0 Å². The first-order chi connectivity index (χ1) is 12.6. The van der Waals surface area contributed by atoms with E-state index in [-0.39, 0.29) is 17.4 Å². The van der Waals surface area contributed by atoms with E-state index in [1.54, 1.807) is 6.07 Å². The van der Waals surface area contributed by atoms with Gasteiger partial charge in [-0.05, 0) is 48.2 Å². The molecule has 0 radical (unpaired) electrons. The molecule has 0 saturated carbocycles. The summed E-state index contributed by atoms with van der Waals surface area (Å²) >= 11 is 0. The van der Waals surface area contributed by atoms with Crippen molar-refractivity contribution >= 4 is 22.5 Å². The van der Waals surface area contributed by atoms with Crippen molar-refractivity contribution in [1.82, 2.24) is 10.3 Å². The van der Waals surface area contributed by atoms with E-state index in [2.05, 4.69) is 15.6 Å². The van der Waals surface area contributed by atoms with Gasteiger partial charge in [0.25, 0.3) is 0 Å². The van der Waals surface area contributed by atoms with Crippen LogP contribution in [0.25, 0.3) is 10.9 Å². The maximum absolute atomic E-state index is 14.7. The molecule has 2 aromatic carbocycles. The Balaban J connectivity index is 1.49. The molecule has 0 saturated heterocycles. The lowest BCUT2D eigenvalue weighted by Gasteiger charge is -2.20. The second-order valence-electron chi connectivity index (χ2n) is 6.65. The summed E-state index contributed by atoms with van der Waals surface area (Å²) in [5.74, 6) is -0.736. The number of H-pyrrole nitrogens is 1. The topological polar surface area (TPSA) is 82.9 Å². The van der Waals surface area contributed by atoms with E-state index in [0.717, 1.165) is 28.6 Å². The average molecular weight is 352 g/mol. The van der Waals surface area contributed by atoms with E-state index in [4.69, 9.17) is 5.73 Å². The van der Waals surface area contributed by atoms with Crippen LogP contribution < -0.4 is 16.4 Å². The number of para-hydroxylation sites is 1. The smallest absolute Gasteiger partial charge is 0.241 e. The number of nitrogens with two attached hydrogens (primary N) is 1. The molecular weight excluding hydrogens is 331 g/mol. The van der Waals surface area contributed by atoms with Crippen molar-refractivity contribution in [2.75, 3.05) is 11.9 Å². The van der Waals surface area contributed by atoms with Crippen molar-refractivity contribution in [3.63, 3.8) is 0 Å². The zero-order chi connectivity index (χ0) is 18.1. The SMILES string of the molecule is N[C@@H](Cc1c[nH]c2ccccc12)C(=O)Nc1ccc2c(c1F)CCNC2. The number of anilines is 1. The predicted molar refractivity (Wildman–Crippen MR) is 100 cm³/mol. The minimum Gasteiger partial charge on any atom is -0.361 e. The molecule has 1 atom stereocenters. The number of aromatic nitrogens is 1. The predicted octanol–water partition coefficient (Wildman–Crippen LogP) is 2.46. The Hall–Kier alpha value is -2.70. The van der Waals surface area contributed by atoms with E-state index < -0.39 is 6.04 Å². The van der Waals surface area contributed by atoms with E-state index in [0.29, 0.717) is 24.9 Å². The molecule has 0 unspecified atom stereocenters.